The third kappa shape index (κ3) is 1.36. The molecular formula is C7H7O2S. The van der Waals surface area contributed by atoms with E-state index in [4.69, 9.17) is 0 Å². The Kier molecular flexibility index (Phi) is 2.06. The lowest BCUT2D eigenvalue weighted by atomic mass is 10.2. The topological polar surface area (TPSA) is 34.1 Å². The Labute approximate surface area is 61.5 Å². The highest BCUT2D eigenvalue weighted by Gasteiger charge is 1.96. The Bertz CT molecular complexity index is 294. The highest BCUT2D eigenvalue weighted by Crippen LogP contribution is 2.06. The van der Waals surface area contributed by atoms with Crippen molar-refractivity contribution in [3.8, 4) is 0 Å². The standard InChI is InChI=1S/C7H7O2S/c1-6-4-2-3-5-7(6)10(8)9/h2-3,5,10H,1H3. The van der Waals surface area contributed by atoms with Gasteiger partial charge in [0, 0.05) is 0 Å². The molecule has 0 saturated heterocycles. The summed E-state index contributed by atoms with van der Waals surface area (Å²) in [7, 11) is -2.45. The zero-order valence-electron chi connectivity index (χ0n) is 5.50. The lowest BCUT2D eigenvalue weighted by Gasteiger charge is -1.92. The fraction of sp³-hybridized carbons (Fsp3) is 0.143. The van der Waals surface area contributed by atoms with Gasteiger partial charge in [0.05, 0.1) is 4.90 Å². The smallest absolute Gasteiger partial charge is 0.168 e. The van der Waals surface area contributed by atoms with Crippen LogP contribution in [0.4, 0.5) is 0 Å². The summed E-state index contributed by atoms with van der Waals surface area (Å²) in [4.78, 5) is 0.359. The van der Waals surface area contributed by atoms with Crippen molar-refractivity contribution in [2.24, 2.45) is 0 Å². The number of hydrogen-bond donors (Lipinski definition) is 1. The summed E-state index contributed by atoms with van der Waals surface area (Å²) in [6.07, 6.45) is 0. The summed E-state index contributed by atoms with van der Waals surface area (Å²) in [5.74, 6) is 0. The second-order valence-corrected chi connectivity index (χ2v) is 2.93. The Morgan fingerprint density at radius 3 is 2.60 bits per heavy atom. The van der Waals surface area contributed by atoms with Gasteiger partial charge in [-0.25, -0.2) is 8.42 Å². The summed E-state index contributed by atoms with van der Waals surface area (Å²) in [5.41, 5.74) is 0.679. The number of hydrogen-bond acceptors (Lipinski definition) is 2. The number of aryl methyl sites for hydroxylation is 1. The van der Waals surface area contributed by atoms with Gasteiger partial charge in [0.1, 0.15) is 0 Å². The van der Waals surface area contributed by atoms with Gasteiger partial charge in [-0.3, -0.25) is 0 Å². The summed E-state index contributed by atoms with van der Waals surface area (Å²) in [5, 5.41) is 0. The van der Waals surface area contributed by atoms with Gasteiger partial charge in [0.2, 0.25) is 0 Å². The largest absolute Gasteiger partial charge is 0.227 e. The van der Waals surface area contributed by atoms with E-state index in [-0.39, 0.29) is 0 Å². The fourth-order valence-electron chi connectivity index (χ4n) is 0.709. The van der Waals surface area contributed by atoms with E-state index in [1.54, 1.807) is 25.1 Å². The number of benzene rings is 1. The van der Waals surface area contributed by atoms with Gasteiger partial charge in [-0.15, -0.1) is 0 Å². The number of thiol groups is 1. The summed E-state index contributed by atoms with van der Waals surface area (Å²) in [6, 6.07) is 7.72. The highest BCUT2D eigenvalue weighted by molar-refractivity contribution is 7.72. The second-order valence-electron chi connectivity index (χ2n) is 1.94. The molecule has 10 heavy (non-hydrogen) atoms. The molecule has 0 heterocycles. The van der Waals surface area contributed by atoms with Gasteiger partial charge in [0.25, 0.3) is 0 Å². The third-order valence-electron chi connectivity index (χ3n) is 1.23. The first-order valence-electron chi connectivity index (χ1n) is 2.83. The van der Waals surface area contributed by atoms with Crippen LogP contribution in [0.1, 0.15) is 5.56 Å². The molecule has 0 N–H and O–H groups in total. The molecule has 1 radical (unpaired) electrons. The van der Waals surface area contributed by atoms with Gasteiger partial charge in [-0.1, -0.05) is 12.1 Å². The second kappa shape index (κ2) is 2.84. The molecule has 0 unspecified atom stereocenters. The van der Waals surface area contributed by atoms with Crippen molar-refractivity contribution < 1.29 is 8.42 Å². The van der Waals surface area contributed by atoms with Crippen molar-refractivity contribution in [3.63, 3.8) is 0 Å². The van der Waals surface area contributed by atoms with Crippen molar-refractivity contribution in [1.82, 2.24) is 0 Å². The molecule has 3 heteroatoms. The zero-order valence-corrected chi connectivity index (χ0v) is 6.39. The van der Waals surface area contributed by atoms with Crippen LogP contribution in [-0.2, 0) is 10.7 Å². The van der Waals surface area contributed by atoms with Crippen LogP contribution in [0.3, 0.4) is 0 Å². The minimum Gasteiger partial charge on any atom is -0.227 e. The predicted molar refractivity (Wildman–Crippen MR) is 38.6 cm³/mol. The molecular weight excluding hydrogens is 148 g/mol. The fourth-order valence-corrected chi connectivity index (χ4v) is 1.26. The molecule has 0 amide bonds. The minimum absolute atomic E-state index is 0.359. The van der Waals surface area contributed by atoms with Crippen LogP contribution in [0.5, 0.6) is 0 Å². The minimum atomic E-state index is -2.45. The Morgan fingerprint density at radius 2 is 2.20 bits per heavy atom. The molecule has 1 aromatic rings. The maximum absolute atomic E-state index is 10.4. The molecule has 1 aromatic carbocycles. The molecule has 53 valence electrons. The van der Waals surface area contributed by atoms with Crippen molar-refractivity contribution >= 4 is 10.7 Å². The van der Waals surface area contributed by atoms with Crippen molar-refractivity contribution in [3.05, 3.63) is 29.8 Å². The lowest BCUT2D eigenvalue weighted by Crippen LogP contribution is -1.83. The van der Waals surface area contributed by atoms with Crippen LogP contribution in [0.15, 0.2) is 23.1 Å². The predicted octanol–water partition coefficient (Wildman–Crippen LogP) is 0.766. The first-order valence-corrected chi connectivity index (χ1v) is 4.01. The third-order valence-corrected chi connectivity index (χ3v) is 2.11. The average molecular weight is 155 g/mol. The van der Waals surface area contributed by atoms with Gasteiger partial charge in [0.15, 0.2) is 10.7 Å². The van der Waals surface area contributed by atoms with E-state index in [9.17, 15) is 8.42 Å². The van der Waals surface area contributed by atoms with Crippen molar-refractivity contribution in [2.45, 2.75) is 11.8 Å². The van der Waals surface area contributed by atoms with Crippen LogP contribution in [0, 0.1) is 13.0 Å². The Morgan fingerprint density at radius 1 is 1.50 bits per heavy atom. The van der Waals surface area contributed by atoms with E-state index in [0.29, 0.717) is 10.5 Å². The quantitative estimate of drug-likeness (QED) is 0.608. The van der Waals surface area contributed by atoms with Crippen molar-refractivity contribution in [1.29, 1.82) is 0 Å². The molecule has 0 spiro atoms. The van der Waals surface area contributed by atoms with E-state index < -0.39 is 10.7 Å². The van der Waals surface area contributed by atoms with Gasteiger partial charge >= 0.3 is 0 Å². The molecule has 0 atom stereocenters. The summed E-state index contributed by atoms with van der Waals surface area (Å²) in [6.45, 7) is 1.72. The maximum Gasteiger partial charge on any atom is 0.168 e. The zero-order chi connectivity index (χ0) is 7.56. The molecule has 0 fully saturated rings. The van der Waals surface area contributed by atoms with Gasteiger partial charge in [-0.05, 0) is 24.6 Å². The highest BCUT2D eigenvalue weighted by atomic mass is 32.2. The molecule has 2 nitrogen and oxygen atoms in total. The molecule has 0 aliphatic heterocycles. The first kappa shape index (κ1) is 7.28. The Balaban J connectivity index is 3.28. The SMILES string of the molecule is Cc1[c]cccc1[SH](=O)=O. The van der Waals surface area contributed by atoms with Gasteiger partial charge in [-0.2, -0.15) is 0 Å². The Hall–Kier alpha value is -0.830. The molecule has 0 aromatic heterocycles. The molecule has 0 aliphatic rings. The first-order chi connectivity index (χ1) is 4.72. The van der Waals surface area contributed by atoms with Crippen LogP contribution in [0.25, 0.3) is 0 Å². The van der Waals surface area contributed by atoms with E-state index in [1.165, 1.54) is 0 Å². The average Bonchev–Trinajstić information content (AvgIpc) is 1.88. The lowest BCUT2D eigenvalue weighted by molar-refractivity contribution is 0.614. The summed E-state index contributed by atoms with van der Waals surface area (Å²) < 4.78 is 20.9. The van der Waals surface area contributed by atoms with E-state index in [2.05, 4.69) is 6.07 Å². The van der Waals surface area contributed by atoms with Crippen molar-refractivity contribution in [2.75, 3.05) is 0 Å². The monoisotopic (exact) mass is 155 g/mol. The normalized spacial score (nSPS) is 10.2. The van der Waals surface area contributed by atoms with Gasteiger partial charge < -0.3 is 0 Å². The van der Waals surface area contributed by atoms with Crippen LogP contribution in [0.2, 0.25) is 0 Å². The molecule has 1 rings (SSSR count). The van der Waals surface area contributed by atoms with Crippen LogP contribution < -0.4 is 0 Å². The van der Waals surface area contributed by atoms with E-state index in [0.717, 1.165) is 0 Å². The summed E-state index contributed by atoms with van der Waals surface area (Å²) >= 11 is 0. The maximum atomic E-state index is 10.4. The molecule has 0 bridgehead atoms. The van der Waals surface area contributed by atoms with Crippen LogP contribution in [-0.4, -0.2) is 8.42 Å². The van der Waals surface area contributed by atoms with E-state index >= 15 is 0 Å². The molecule has 0 aliphatic carbocycles. The van der Waals surface area contributed by atoms with E-state index in [1.807, 2.05) is 0 Å². The van der Waals surface area contributed by atoms with Crippen LogP contribution >= 0.6 is 0 Å². The number of rotatable bonds is 1. The molecule has 0 saturated carbocycles.